The Morgan fingerprint density at radius 1 is 1.22 bits per heavy atom. The summed E-state index contributed by atoms with van der Waals surface area (Å²) >= 11 is 0. The van der Waals surface area contributed by atoms with E-state index in [1.807, 2.05) is 4.90 Å². The van der Waals surface area contributed by atoms with E-state index in [0.717, 1.165) is 38.9 Å². The Hall–Kier alpha value is -0.610. The third-order valence-corrected chi connectivity index (χ3v) is 3.54. The van der Waals surface area contributed by atoms with Crippen molar-refractivity contribution in [3.05, 3.63) is 0 Å². The lowest BCUT2D eigenvalue weighted by atomic mass is 9.98. The summed E-state index contributed by atoms with van der Waals surface area (Å²) in [5.74, 6) is 0.297. The van der Waals surface area contributed by atoms with Gasteiger partial charge in [-0.1, -0.05) is 6.92 Å². The van der Waals surface area contributed by atoms with Crippen LogP contribution in [0.4, 0.5) is 0 Å². The molecular formula is C14H29N3O. The van der Waals surface area contributed by atoms with E-state index in [-0.39, 0.29) is 6.04 Å². The Morgan fingerprint density at radius 2 is 1.94 bits per heavy atom. The summed E-state index contributed by atoms with van der Waals surface area (Å²) in [7, 11) is 4.10. The summed E-state index contributed by atoms with van der Waals surface area (Å²) in [4.78, 5) is 16.6. The maximum atomic E-state index is 12.5. The van der Waals surface area contributed by atoms with Gasteiger partial charge in [0.1, 0.15) is 0 Å². The Labute approximate surface area is 112 Å². The lowest BCUT2D eigenvalue weighted by molar-refractivity contribution is -0.134. The molecule has 106 valence electrons. The van der Waals surface area contributed by atoms with E-state index in [2.05, 4.69) is 38.2 Å². The van der Waals surface area contributed by atoms with Gasteiger partial charge in [0, 0.05) is 25.7 Å². The Morgan fingerprint density at radius 3 is 2.50 bits per heavy atom. The van der Waals surface area contributed by atoms with E-state index in [0.29, 0.717) is 11.9 Å². The van der Waals surface area contributed by atoms with Crippen molar-refractivity contribution in [2.45, 2.75) is 51.6 Å². The van der Waals surface area contributed by atoms with E-state index < -0.39 is 0 Å². The summed E-state index contributed by atoms with van der Waals surface area (Å²) in [6, 6.07) is 0.521. The molecule has 1 saturated heterocycles. The zero-order chi connectivity index (χ0) is 13.5. The third kappa shape index (κ3) is 4.94. The minimum absolute atomic E-state index is 0.0439. The maximum absolute atomic E-state index is 12.5. The van der Waals surface area contributed by atoms with Crippen LogP contribution in [0.15, 0.2) is 0 Å². The van der Waals surface area contributed by atoms with Crippen LogP contribution in [0.1, 0.15) is 39.5 Å². The van der Waals surface area contributed by atoms with Crippen molar-refractivity contribution in [2.24, 2.45) is 0 Å². The topological polar surface area (TPSA) is 35.6 Å². The summed E-state index contributed by atoms with van der Waals surface area (Å²) < 4.78 is 0. The Kier molecular flexibility index (Phi) is 6.65. The van der Waals surface area contributed by atoms with Crippen molar-refractivity contribution in [2.75, 3.05) is 33.7 Å². The molecule has 0 aromatic rings. The van der Waals surface area contributed by atoms with Gasteiger partial charge in [0.05, 0.1) is 6.04 Å². The zero-order valence-electron chi connectivity index (χ0n) is 12.4. The highest BCUT2D eigenvalue weighted by Gasteiger charge is 2.27. The fourth-order valence-corrected chi connectivity index (χ4v) is 2.48. The molecule has 2 atom stereocenters. The number of hydrogen-bond donors (Lipinski definition) is 1. The largest absolute Gasteiger partial charge is 0.340 e. The average molecular weight is 255 g/mol. The molecule has 0 aromatic carbocycles. The van der Waals surface area contributed by atoms with Gasteiger partial charge < -0.3 is 15.1 Å². The monoisotopic (exact) mass is 255 g/mol. The van der Waals surface area contributed by atoms with Crippen LogP contribution in [0.3, 0.4) is 0 Å². The number of carbonyl (C=O) groups excluding carboxylic acids is 1. The summed E-state index contributed by atoms with van der Waals surface area (Å²) in [6.45, 7) is 6.95. The number of hydrogen-bond acceptors (Lipinski definition) is 3. The van der Waals surface area contributed by atoms with Gasteiger partial charge in [-0.2, -0.15) is 0 Å². The molecular weight excluding hydrogens is 226 g/mol. The zero-order valence-corrected chi connectivity index (χ0v) is 12.4. The van der Waals surface area contributed by atoms with Gasteiger partial charge in [0.25, 0.3) is 0 Å². The van der Waals surface area contributed by atoms with Gasteiger partial charge in [-0.3, -0.25) is 4.79 Å². The predicted molar refractivity (Wildman–Crippen MR) is 75.7 cm³/mol. The van der Waals surface area contributed by atoms with Crippen molar-refractivity contribution in [3.8, 4) is 0 Å². The number of nitrogens with zero attached hydrogens (tertiary/aromatic N) is 2. The van der Waals surface area contributed by atoms with Crippen molar-refractivity contribution < 1.29 is 4.79 Å². The fraction of sp³-hybridized carbons (Fsp3) is 0.929. The fourth-order valence-electron chi connectivity index (χ4n) is 2.48. The molecule has 1 amide bonds. The van der Waals surface area contributed by atoms with Crippen molar-refractivity contribution in [3.63, 3.8) is 0 Å². The number of piperidine rings is 1. The molecule has 1 aliphatic rings. The first kappa shape index (κ1) is 15.4. The number of amides is 1. The molecule has 0 aliphatic carbocycles. The Bertz CT molecular complexity index is 255. The summed E-state index contributed by atoms with van der Waals surface area (Å²) in [5, 5.41) is 3.44. The first-order valence-electron chi connectivity index (χ1n) is 7.24. The van der Waals surface area contributed by atoms with Crippen molar-refractivity contribution in [1.82, 2.24) is 15.1 Å². The first-order valence-corrected chi connectivity index (χ1v) is 7.24. The molecule has 0 spiro atoms. The van der Waals surface area contributed by atoms with Gasteiger partial charge in [0.15, 0.2) is 0 Å². The number of rotatable bonds is 6. The van der Waals surface area contributed by atoms with Crippen LogP contribution in [-0.4, -0.2) is 61.5 Å². The highest BCUT2D eigenvalue weighted by Crippen LogP contribution is 2.14. The number of nitrogens with one attached hydrogen (secondary N) is 1. The average Bonchev–Trinajstić information content (AvgIpc) is 2.33. The molecule has 0 saturated carbocycles. The molecule has 4 heteroatoms. The van der Waals surface area contributed by atoms with Crippen LogP contribution in [0.25, 0.3) is 0 Å². The second-order valence-corrected chi connectivity index (χ2v) is 5.68. The minimum atomic E-state index is 0.0439. The van der Waals surface area contributed by atoms with E-state index in [1.54, 1.807) is 0 Å². The van der Waals surface area contributed by atoms with Gasteiger partial charge in [-0.15, -0.1) is 0 Å². The van der Waals surface area contributed by atoms with E-state index >= 15 is 0 Å². The number of likely N-dealkylation sites (N-methyl/N-ethyl adjacent to an activating group) is 1. The maximum Gasteiger partial charge on any atom is 0.239 e. The molecule has 0 aromatic heterocycles. The van der Waals surface area contributed by atoms with Crippen LogP contribution in [-0.2, 0) is 4.79 Å². The van der Waals surface area contributed by atoms with E-state index in [1.165, 1.54) is 6.42 Å². The van der Waals surface area contributed by atoms with Crippen molar-refractivity contribution in [1.29, 1.82) is 0 Å². The second-order valence-electron chi connectivity index (χ2n) is 5.68. The first-order chi connectivity index (χ1) is 8.54. The molecule has 1 N–H and O–H groups in total. The van der Waals surface area contributed by atoms with Gasteiger partial charge in [-0.25, -0.2) is 0 Å². The van der Waals surface area contributed by atoms with Crippen LogP contribution in [0.5, 0.6) is 0 Å². The van der Waals surface area contributed by atoms with Gasteiger partial charge >= 0.3 is 0 Å². The highest BCUT2D eigenvalue weighted by atomic mass is 16.2. The lowest BCUT2D eigenvalue weighted by Crippen LogP contribution is -2.52. The van der Waals surface area contributed by atoms with Crippen molar-refractivity contribution >= 4 is 5.91 Å². The predicted octanol–water partition coefficient (Wildman–Crippen LogP) is 1.32. The summed E-state index contributed by atoms with van der Waals surface area (Å²) in [6.07, 6.45) is 4.38. The molecule has 0 radical (unpaired) electrons. The van der Waals surface area contributed by atoms with Gasteiger partial charge in [0.2, 0.25) is 5.91 Å². The molecule has 4 nitrogen and oxygen atoms in total. The smallest absolute Gasteiger partial charge is 0.239 e. The number of carbonyl (C=O) groups is 1. The van der Waals surface area contributed by atoms with E-state index in [9.17, 15) is 4.79 Å². The third-order valence-electron chi connectivity index (χ3n) is 3.54. The minimum Gasteiger partial charge on any atom is -0.340 e. The van der Waals surface area contributed by atoms with E-state index in [4.69, 9.17) is 0 Å². The molecule has 18 heavy (non-hydrogen) atoms. The normalized spacial score (nSPS) is 24.3. The molecule has 1 fully saturated rings. The molecule has 1 rings (SSSR count). The molecule has 1 heterocycles. The quantitative estimate of drug-likeness (QED) is 0.777. The lowest BCUT2D eigenvalue weighted by Gasteiger charge is -2.33. The second kappa shape index (κ2) is 7.74. The molecule has 1 aliphatic heterocycles. The van der Waals surface area contributed by atoms with Crippen LogP contribution < -0.4 is 5.32 Å². The van der Waals surface area contributed by atoms with Gasteiger partial charge in [-0.05, 0) is 46.7 Å². The van der Waals surface area contributed by atoms with Crippen LogP contribution in [0.2, 0.25) is 0 Å². The van der Waals surface area contributed by atoms with Crippen LogP contribution in [0, 0.1) is 0 Å². The highest BCUT2D eigenvalue weighted by molar-refractivity contribution is 5.82. The standard InChI is InChI=1S/C14H29N3O/c1-5-9-17(11-10-16(3)4)14(18)13-8-6-7-12(2)15-13/h12-13,15H,5-11H2,1-4H3. The Balaban J connectivity index is 2.51. The SMILES string of the molecule is CCCN(CCN(C)C)C(=O)C1CCCC(C)N1. The molecule has 0 bridgehead atoms. The van der Waals surface area contributed by atoms with Crippen LogP contribution >= 0.6 is 0 Å². The molecule has 2 unspecified atom stereocenters. The summed E-state index contributed by atoms with van der Waals surface area (Å²) in [5.41, 5.74) is 0.